The molecule has 0 fully saturated rings. The Labute approximate surface area is 64.2 Å². The second-order valence-electron chi connectivity index (χ2n) is 1.13. The molecule has 9 heavy (non-hydrogen) atoms. The van der Waals surface area contributed by atoms with Gasteiger partial charge in [-0.05, 0) is 15.9 Å². The van der Waals surface area contributed by atoms with Crippen LogP contribution in [0.4, 0.5) is 0 Å². The number of nitrogens with zero attached hydrogens (tertiary/aromatic N) is 1. The minimum Gasteiger partial charge on any atom is -0.412 e. The standard InChI is InChI=1S/C4H2BrNOS.H2O/c5-3-2-8-4(1-7)6-3;/h1-2H;1H2. The lowest BCUT2D eigenvalue weighted by molar-refractivity contribution is 0.112. The van der Waals surface area contributed by atoms with E-state index in [9.17, 15) is 4.79 Å². The van der Waals surface area contributed by atoms with E-state index >= 15 is 0 Å². The fraction of sp³-hybridized carbons (Fsp3) is 0. The van der Waals surface area contributed by atoms with Crippen molar-refractivity contribution in [3.05, 3.63) is 15.0 Å². The molecule has 50 valence electrons. The molecule has 1 aromatic heterocycles. The summed E-state index contributed by atoms with van der Waals surface area (Å²) in [4.78, 5) is 13.7. The third kappa shape index (κ3) is 2.21. The molecule has 0 bridgehead atoms. The van der Waals surface area contributed by atoms with Crippen molar-refractivity contribution < 1.29 is 10.3 Å². The summed E-state index contributed by atoms with van der Waals surface area (Å²) in [6.45, 7) is 0. The number of carbonyl (C=O) groups is 1. The van der Waals surface area contributed by atoms with Gasteiger partial charge in [-0.25, -0.2) is 4.98 Å². The first-order valence-corrected chi connectivity index (χ1v) is 3.56. The van der Waals surface area contributed by atoms with Crippen LogP contribution in [0.25, 0.3) is 0 Å². The molecule has 5 heteroatoms. The zero-order chi connectivity index (χ0) is 5.98. The third-order valence-electron chi connectivity index (χ3n) is 0.595. The Morgan fingerprint density at radius 3 is 2.67 bits per heavy atom. The molecule has 2 N–H and O–H groups in total. The van der Waals surface area contributed by atoms with Gasteiger partial charge < -0.3 is 5.48 Å². The molecular weight excluding hydrogens is 206 g/mol. The van der Waals surface area contributed by atoms with Crippen molar-refractivity contribution in [2.45, 2.75) is 0 Å². The first-order chi connectivity index (χ1) is 3.83. The maximum atomic E-state index is 9.95. The fourth-order valence-electron chi connectivity index (χ4n) is 0.321. The van der Waals surface area contributed by atoms with E-state index in [0.717, 1.165) is 10.9 Å². The molecule has 0 atom stereocenters. The summed E-state index contributed by atoms with van der Waals surface area (Å²) in [5.74, 6) is 0. The molecule has 0 amide bonds. The van der Waals surface area contributed by atoms with Crippen molar-refractivity contribution in [2.24, 2.45) is 0 Å². The molecule has 0 saturated carbocycles. The van der Waals surface area contributed by atoms with E-state index in [4.69, 9.17) is 0 Å². The van der Waals surface area contributed by atoms with E-state index in [-0.39, 0.29) is 5.48 Å². The van der Waals surface area contributed by atoms with E-state index in [1.165, 1.54) is 11.3 Å². The topological polar surface area (TPSA) is 61.5 Å². The summed E-state index contributed by atoms with van der Waals surface area (Å²) in [5.41, 5.74) is 0. The average Bonchev–Trinajstić information content (AvgIpc) is 2.14. The highest BCUT2D eigenvalue weighted by Crippen LogP contribution is 2.12. The smallest absolute Gasteiger partial charge is 0.178 e. The second-order valence-corrected chi connectivity index (χ2v) is 2.83. The predicted octanol–water partition coefficient (Wildman–Crippen LogP) is 0.893. The molecule has 0 spiro atoms. The quantitative estimate of drug-likeness (QED) is 0.646. The molecule has 0 saturated heterocycles. The van der Waals surface area contributed by atoms with Crippen molar-refractivity contribution in [2.75, 3.05) is 0 Å². The van der Waals surface area contributed by atoms with E-state index in [1.54, 1.807) is 5.38 Å². The SMILES string of the molecule is O.O=Cc1nc(Br)cs1. The second kappa shape index (κ2) is 3.71. The summed E-state index contributed by atoms with van der Waals surface area (Å²) >= 11 is 4.44. The van der Waals surface area contributed by atoms with Gasteiger partial charge in [0, 0.05) is 5.38 Å². The van der Waals surface area contributed by atoms with Gasteiger partial charge in [-0.1, -0.05) is 0 Å². The number of carbonyl (C=O) groups excluding carboxylic acids is 1. The normalized spacial score (nSPS) is 8.11. The highest BCUT2D eigenvalue weighted by molar-refractivity contribution is 9.10. The van der Waals surface area contributed by atoms with Crippen molar-refractivity contribution in [3.63, 3.8) is 0 Å². The van der Waals surface area contributed by atoms with Crippen LogP contribution in [0.15, 0.2) is 9.98 Å². The Balaban J connectivity index is 0.000000640. The Kier molecular flexibility index (Phi) is 3.60. The Morgan fingerprint density at radius 2 is 2.44 bits per heavy atom. The molecule has 0 aliphatic rings. The Bertz CT molecular complexity index is 200. The fourth-order valence-corrected chi connectivity index (χ4v) is 1.39. The van der Waals surface area contributed by atoms with Gasteiger partial charge in [-0.15, -0.1) is 11.3 Å². The van der Waals surface area contributed by atoms with Crippen molar-refractivity contribution in [1.82, 2.24) is 4.98 Å². The lowest BCUT2D eigenvalue weighted by atomic mass is 10.8. The van der Waals surface area contributed by atoms with Gasteiger partial charge in [0.15, 0.2) is 11.3 Å². The van der Waals surface area contributed by atoms with Crippen molar-refractivity contribution >= 4 is 33.6 Å². The van der Waals surface area contributed by atoms with Gasteiger partial charge >= 0.3 is 0 Å². The van der Waals surface area contributed by atoms with Crippen LogP contribution in [-0.2, 0) is 0 Å². The summed E-state index contributed by atoms with van der Waals surface area (Å²) in [6.07, 6.45) is 0.732. The average molecular weight is 210 g/mol. The zero-order valence-corrected chi connectivity index (χ0v) is 6.70. The molecule has 0 radical (unpaired) electrons. The molecule has 1 rings (SSSR count). The lowest BCUT2D eigenvalue weighted by Gasteiger charge is -1.68. The first kappa shape index (κ1) is 8.74. The van der Waals surface area contributed by atoms with Crippen LogP contribution in [-0.4, -0.2) is 16.7 Å². The largest absolute Gasteiger partial charge is 0.412 e. The van der Waals surface area contributed by atoms with Crippen LogP contribution < -0.4 is 0 Å². The molecule has 0 unspecified atom stereocenters. The summed E-state index contributed by atoms with van der Waals surface area (Å²) in [6, 6.07) is 0. The third-order valence-corrected chi connectivity index (χ3v) is 2.07. The molecule has 0 aliphatic carbocycles. The number of rotatable bonds is 1. The molecular formula is C4H4BrNO2S. The van der Waals surface area contributed by atoms with Crippen LogP contribution in [0, 0.1) is 0 Å². The number of hydrogen-bond donors (Lipinski definition) is 0. The maximum absolute atomic E-state index is 9.95. The Hall–Kier alpha value is -0.260. The number of thiazole rings is 1. The first-order valence-electron chi connectivity index (χ1n) is 1.89. The van der Waals surface area contributed by atoms with Gasteiger partial charge in [0.05, 0.1) is 0 Å². The number of hydrogen-bond acceptors (Lipinski definition) is 3. The monoisotopic (exact) mass is 209 g/mol. The molecule has 1 aromatic rings. The molecule has 3 nitrogen and oxygen atoms in total. The summed E-state index contributed by atoms with van der Waals surface area (Å²) in [7, 11) is 0. The summed E-state index contributed by atoms with van der Waals surface area (Å²) in [5, 5.41) is 2.28. The minimum absolute atomic E-state index is 0. The minimum atomic E-state index is 0. The summed E-state index contributed by atoms with van der Waals surface area (Å²) < 4.78 is 0.726. The van der Waals surface area contributed by atoms with E-state index in [1.807, 2.05) is 0 Å². The van der Waals surface area contributed by atoms with E-state index < -0.39 is 0 Å². The van der Waals surface area contributed by atoms with Crippen LogP contribution in [0.3, 0.4) is 0 Å². The van der Waals surface area contributed by atoms with Gasteiger partial charge in [-0.2, -0.15) is 0 Å². The predicted molar refractivity (Wildman–Crippen MR) is 38.8 cm³/mol. The van der Waals surface area contributed by atoms with Gasteiger partial charge in [0.1, 0.15) is 4.60 Å². The number of aromatic nitrogens is 1. The molecule has 0 aliphatic heterocycles. The van der Waals surface area contributed by atoms with Gasteiger partial charge in [-0.3, -0.25) is 4.79 Å². The van der Waals surface area contributed by atoms with Gasteiger partial charge in [0.25, 0.3) is 0 Å². The van der Waals surface area contributed by atoms with Crippen LogP contribution in [0.2, 0.25) is 0 Å². The van der Waals surface area contributed by atoms with Crippen LogP contribution >= 0.6 is 27.3 Å². The molecule has 0 aromatic carbocycles. The highest BCUT2D eigenvalue weighted by atomic mass is 79.9. The number of aldehydes is 1. The molecule has 1 heterocycles. The van der Waals surface area contributed by atoms with Crippen molar-refractivity contribution in [1.29, 1.82) is 0 Å². The lowest BCUT2D eigenvalue weighted by Crippen LogP contribution is -1.71. The van der Waals surface area contributed by atoms with E-state index in [0.29, 0.717) is 5.01 Å². The van der Waals surface area contributed by atoms with Gasteiger partial charge in [0.2, 0.25) is 0 Å². The zero-order valence-electron chi connectivity index (χ0n) is 4.30. The van der Waals surface area contributed by atoms with Crippen LogP contribution in [0.5, 0.6) is 0 Å². The highest BCUT2D eigenvalue weighted by Gasteiger charge is 1.93. The number of halogens is 1. The maximum Gasteiger partial charge on any atom is 0.178 e. The Morgan fingerprint density at radius 1 is 1.78 bits per heavy atom. The van der Waals surface area contributed by atoms with Crippen molar-refractivity contribution in [3.8, 4) is 0 Å². The van der Waals surface area contributed by atoms with Crippen LogP contribution in [0.1, 0.15) is 9.80 Å². The van der Waals surface area contributed by atoms with E-state index in [2.05, 4.69) is 20.9 Å².